The van der Waals surface area contributed by atoms with Crippen molar-refractivity contribution in [3.05, 3.63) is 33.6 Å². The Labute approximate surface area is 110 Å². The van der Waals surface area contributed by atoms with E-state index < -0.39 is 5.82 Å². The normalized spacial score (nSPS) is 24.9. The van der Waals surface area contributed by atoms with Gasteiger partial charge in [0.1, 0.15) is 5.82 Å². The first-order chi connectivity index (χ1) is 8.11. The molecule has 5 heteroatoms. The SMILES string of the molecule is CCC1COC(c2cc(F)c(Cl)cc2Cl)CN1. The van der Waals surface area contributed by atoms with Crippen LogP contribution in [0.15, 0.2) is 12.1 Å². The summed E-state index contributed by atoms with van der Waals surface area (Å²) in [5, 5.41) is 3.82. The van der Waals surface area contributed by atoms with Gasteiger partial charge < -0.3 is 10.1 Å². The number of rotatable bonds is 2. The van der Waals surface area contributed by atoms with Crippen molar-refractivity contribution in [1.82, 2.24) is 5.32 Å². The molecule has 2 rings (SSSR count). The van der Waals surface area contributed by atoms with Crippen LogP contribution >= 0.6 is 23.2 Å². The van der Waals surface area contributed by atoms with E-state index in [0.29, 0.717) is 29.8 Å². The number of benzene rings is 1. The van der Waals surface area contributed by atoms with Crippen LogP contribution in [0.4, 0.5) is 4.39 Å². The highest BCUT2D eigenvalue weighted by molar-refractivity contribution is 6.35. The molecular formula is C12H14Cl2FNO. The Bertz CT molecular complexity index is 406. The molecule has 1 aliphatic heterocycles. The Morgan fingerprint density at radius 1 is 1.41 bits per heavy atom. The zero-order chi connectivity index (χ0) is 12.4. The summed E-state index contributed by atoms with van der Waals surface area (Å²) in [5.74, 6) is -0.465. The molecule has 1 heterocycles. The molecule has 2 atom stereocenters. The summed E-state index contributed by atoms with van der Waals surface area (Å²) < 4.78 is 19.1. The van der Waals surface area contributed by atoms with Crippen molar-refractivity contribution >= 4 is 23.2 Å². The standard InChI is InChI=1S/C12H14Cl2FNO/c1-2-7-6-17-12(5-16-7)8-3-11(15)10(14)4-9(8)13/h3-4,7,12,16H,2,5-6H2,1H3. The van der Waals surface area contributed by atoms with Gasteiger partial charge in [-0.05, 0) is 18.6 Å². The van der Waals surface area contributed by atoms with Crippen LogP contribution < -0.4 is 5.32 Å². The van der Waals surface area contributed by atoms with Crippen LogP contribution in [0.2, 0.25) is 10.0 Å². The molecule has 1 aliphatic rings. The lowest BCUT2D eigenvalue weighted by Crippen LogP contribution is -2.42. The van der Waals surface area contributed by atoms with E-state index in [0.717, 1.165) is 6.42 Å². The number of ether oxygens (including phenoxy) is 1. The molecule has 0 saturated carbocycles. The van der Waals surface area contributed by atoms with Crippen LogP contribution in [-0.2, 0) is 4.74 Å². The van der Waals surface area contributed by atoms with E-state index in [1.165, 1.54) is 12.1 Å². The van der Waals surface area contributed by atoms with Crippen LogP contribution in [-0.4, -0.2) is 19.2 Å². The zero-order valence-corrected chi connectivity index (χ0v) is 11.0. The molecule has 94 valence electrons. The molecule has 17 heavy (non-hydrogen) atoms. The first-order valence-corrected chi connectivity index (χ1v) is 6.36. The predicted molar refractivity (Wildman–Crippen MR) is 67.2 cm³/mol. The van der Waals surface area contributed by atoms with Gasteiger partial charge in [0.25, 0.3) is 0 Å². The summed E-state index contributed by atoms with van der Waals surface area (Å²) in [7, 11) is 0. The fourth-order valence-corrected chi connectivity index (χ4v) is 2.38. The lowest BCUT2D eigenvalue weighted by molar-refractivity contribution is 0.00214. The van der Waals surface area contributed by atoms with E-state index in [-0.39, 0.29) is 11.1 Å². The Kier molecular flexibility index (Phi) is 4.26. The second kappa shape index (κ2) is 5.53. The van der Waals surface area contributed by atoms with Gasteiger partial charge in [0.05, 0.1) is 17.7 Å². The van der Waals surface area contributed by atoms with Gasteiger partial charge in [0.2, 0.25) is 0 Å². The monoisotopic (exact) mass is 277 g/mol. The van der Waals surface area contributed by atoms with Gasteiger partial charge in [-0.15, -0.1) is 0 Å². The fraction of sp³-hybridized carbons (Fsp3) is 0.500. The first-order valence-electron chi connectivity index (χ1n) is 5.61. The van der Waals surface area contributed by atoms with Crippen molar-refractivity contribution in [3.63, 3.8) is 0 Å². The zero-order valence-electron chi connectivity index (χ0n) is 9.47. The van der Waals surface area contributed by atoms with E-state index in [9.17, 15) is 4.39 Å². The highest BCUT2D eigenvalue weighted by Gasteiger charge is 2.24. The summed E-state index contributed by atoms with van der Waals surface area (Å²) in [5.41, 5.74) is 0.649. The lowest BCUT2D eigenvalue weighted by Gasteiger charge is -2.30. The maximum atomic E-state index is 13.4. The van der Waals surface area contributed by atoms with Crippen LogP contribution in [0.3, 0.4) is 0 Å². The van der Waals surface area contributed by atoms with Crippen molar-refractivity contribution in [2.45, 2.75) is 25.5 Å². The Morgan fingerprint density at radius 3 is 2.76 bits per heavy atom. The van der Waals surface area contributed by atoms with E-state index >= 15 is 0 Å². The summed E-state index contributed by atoms with van der Waals surface area (Å²) in [6.45, 7) is 3.34. The van der Waals surface area contributed by atoms with E-state index in [2.05, 4.69) is 12.2 Å². The molecule has 1 fully saturated rings. The summed E-state index contributed by atoms with van der Waals surface area (Å²) in [6, 6.07) is 3.13. The smallest absolute Gasteiger partial charge is 0.142 e. The summed E-state index contributed by atoms with van der Waals surface area (Å²) >= 11 is 11.7. The van der Waals surface area contributed by atoms with E-state index in [4.69, 9.17) is 27.9 Å². The molecule has 0 aromatic heterocycles. The van der Waals surface area contributed by atoms with Crippen LogP contribution in [0, 0.1) is 5.82 Å². The van der Waals surface area contributed by atoms with Crippen LogP contribution in [0.25, 0.3) is 0 Å². The number of morpholine rings is 1. The van der Waals surface area contributed by atoms with Crippen molar-refractivity contribution in [3.8, 4) is 0 Å². The second-order valence-corrected chi connectivity index (χ2v) is 4.94. The highest BCUT2D eigenvalue weighted by atomic mass is 35.5. The third-order valence-corrected chi connectivity index (χ3v) is 3.59. The topological polar surface area (TPSA) is 21.3 Å². The molecule has 0 aliphatic carbocycles. The summed E-state index contributed by atoms with van der Waals surface area (Å²) in [6.07, 6.45) is 0.798. The first kappa shape index (κ1) is 13.1. The van der Waals surface area contributed by atoms with Gasteiger partial charge >= 0.3 is 0 Å². The van der Waals surface area contributed by atoms with Crippen LogP contribution in [0.5, 0.6) is 0 Å². The minimum Gasteiger partial charge on any atom is -0.371 e. The Morgan fingerprint density at radius 2 is 2.18 bits per heavy atom. The van der Waals surface area contributed by atoms with Crippen LogP contribution in [0.1, 0.15) is 25.0 Å². The molecule has 1 N–H and O–H groups in total. The van der Waals surface area contributed by atoms with Gasteiger partial charge in [-0.3, -0.25) is 0 Å². The number of nitrogens with one attached hydrogen (secondary N) is 1. The molecule has 0 spiro atoms. The molecule has 2 nitrogen and oxygen atoms in total. The van der Waals surface area contributed by atoms with Crippen molar-refractivity contribution < 1.29 is 9.13 Å². The molecule has 1 aromatic rings. The average molecular weight is 278 g/mol. The predicted octanol–water partition coefficient (Wildman–Crippen LogP) is 3.57. The van der Waals surface area contributed by atoms with Gasteiger partial charge in [-0.25, -0.2) is 4.39 Å². The van der Waals surface area contributed by atoms with Gasteiger partial charge in [0.15, 0.2) is 0 Å². The minimum absolute atomic E-state index is 0.0361. The number of halogens is 3. The lowest BCUT2D eigenvalue weighted by atomic mass is 10.1. The van der Waals surface area contributed by atoms with Crippen molar-refractivity contribution in [2.24, 2.45) is 0 Å². The maximum Gasteiger partial charge on any atom is 0.142 e. The van der Waals surface area contributed by atoms with Gasteiger partial charge in [-0.1, -0.05) is 30.1 Å². The van der Waals surface area contributed by atoms with Gasteiger partial charge in [0, 0.05) is 23.2 Å². The molecule has 0 amide bonds. The van der Waals surface area contributed by atoms with E-state index in [1.54, 1.807) is 0 Å². The number of hydrogen-bond donors (Lipinski definition) is 1. The highest BCUT2D eigenvalue weighted by Crippen LogP contribution is 2.31. The molecule has 0 radical (unpaired) electrons. The Balaban J connectivity index is 2.16. The third kappa shape index (κ3) is 2.91. The molecule has 0 bridgehead atoms. The van der Waals surface area contributed by atoms with Crippen molar-refractivity contribution in [1.29, 1.82) is 0 Å². The maximum absolute atomic E-state index is 13.4. The molecular weight excluding hydrogens is 264 g/mol. The number of hydrogen-bond acceptors (Lipinski definition) is 2. The van der Waals surface area contributed by atoms with Gasteiger partial charge in [-0.2, -0.15) is 0 Å². The molecule has 1 saturated heterocycles. The quantitative estimate of drug-likeness (QED) is 0.835. The Hall–Kier alpha value is -0.350. The van der Waals surface area contributed by atoms with E-state index in [1.807, 2.05) is 0 Å². The largest absolute Gasteiger partial charge is 0.371 e. The van der Waals surface area contributed by atoms with Crippen molar-refractivity contribution in [2.75, 3.05) is 13.2 Å². The average Bonchev–Trinajstić information content (AvgIpc) is 2.34. The third-order valence-electron chi connectivity index (χ3n) is 2.97. The fourth-order valence-electron chi connectivity index (χ4n) is 1.87. The second-order valence-electron chi connectivity index (χ2n) is 4.12. The molecule has 2 unspecified atom stereocenters. The molecule has 1 aromatic carbocycles. The summed E-state index contributed by atoms with van der Waals surface area (Å²) in [4.78, 5) is 0. The minimum atomic E-state index is -0.465.